The van der Waals surface area contributed by atoms with E-state index in [9.17, 15) is 0 Å². The van der Waals surface area contributed by atoms with Crippen LogP contribution in [0, 0.1) is 0 Å². The summed E-state index contributed by atoms with van der Waals surface area (Å²) in [5, 5.41) is 3.15. The van der Waals surface area contributed by atoms with Crippen molar-refractivity contribution in [3.8, 4) is 5.75 Å². The van der Waals surface area contributed by atoms with Crippen LogP contribution in [0.15, 0.2) is 30.6 Å². The fraction of sp³-hybridized carbons (Fsp3) is 0.0833. The summed E-state index contributed by atoms with van der Waals surface area (Å²) in [4.78, 5) is 15.3. The molecule has 0 saturated carbocycles. The first kappa shape index (κ1) is 11.3. The normalized spacial score (nSPS) is 10.6. The van der Waals surface area contributed by atoms with Crippen LogP contribution in [-0.4, -0.2) is 27.0 Å². The van der Waals surface area contributed by atoms with Crippen molar-refractivity contribution in [1.29, 1.82) is 0 Å². The van der Waals surface area contributed by atoms with E-state index in [1.807, 2.05) is 24.3 Å². The zero-order valence-electron chi connectivity index (χ0n) is 10.2. The summed E-state index contributed by atoms with van der Waals surface area (Å²) in [7, 11) is 1.61. The van der Waals surface area contributed by atoms with Crippen LogP contribution in [0.4, 0.5) is 17.5 Å². The van der Waals surface area contributed by atoms with Crippen LogP contribution in [0.25, 0.3) is 11.2 Å². The molecular weight excluding hydrogens is 244 g/mol. The van der Waals surface area contributed by atoms with Gasteiger partial charge in [-0.25, -0.2) is 4.98 Å². The van der Waals surface area contributed by atoms with Gasteiger partial charge in [0.15, 0.2) is 17.0 Å². The summed E-state index contributed by atoms with van der Waals surface area (Å²) in [5.74, 6) is 1.42. The molecule has 0 radical (unpaired) electrons. The van der Waals surface area contributed by atoms with Gasteiger partial charge in [0.1, 0.15) is 5.75 Å². The Bertz CT molecular complexity index is 723. The molecule has 1 aromatic carbocycles. The van der Waals surface area contributed by atoms with Crippen LogP contribution in [0.1, 0.15) is 0 Å². The number of methoxy groups -OCH3 is 1. The van der Waals surface area contributed by atoms with E-state index in [1.54, 1.807) is 13.4 Å². The lowest BCUT2D eigenvalue weighted by molar-refractivity contribution is 0.417. The topological polar surface area (TPSA) is 102 Å². The van der Waals surface area contributed by atoms with Crippen LogP contribution in [0.5, 0.6) is 5.75 Å². The quantitative estimate of drug-likeness (QED) is 0.659. The van der Waals surface area contributed by atoms with Gasteiger partial charge in [-0.3, -0.25) is 0 Å². The van der Waals surface area contributed by atoms with Crippen molar-refractivity contribution in [3.63, 3.8) is 0 Å². The number of benzene rings is 1. The van der Waals surface area contributed by atoms with Crippen LogP contribution in [0.2, 0.25) is 0 Å². The predicted molar refractivity (Wildman–Crippen MR) is 72.4 cm³/mol. The first-order chi connectivity index (χ1) is 9.28. The maximum atomic E-state index is 5.67. The van der Waals surface area contributed by atoms with E-state index in [2.05, 4.69) is 25.3 Å². The van der Waals surface area contributed by atoms with Crippen LogP contribution in [-0.2, 0) is 0 Å². The number of aromatic nitrogens is 4. The minimum Gasteiger partial charge on any atom is -0.495 e. The summed E-state index contributed by atoms with van der Waals surface area (Å²) >= 11 is 0. The molecule has 19 heavy (non-hydrogen) atoms. The second kappa shape index (κ2) is 4.45. The number of nitrogens with two attached hydrogens (primary N) is 1. The van der Waals surface area contributed by atoms with Gasteiger partial charge in [0.25, 0.3) is 0 Å². The molecule has 0 atom stereocenters. The standard InChI is InChI=1S/C12H12N6O/c1-19-8-5-3-2-4-7(8)16-11-9-10(15-6-14-9)17-12(13)18-11/h2-6H,1H3,(H4,13,14,15,16,17,18). The van der Waals surface area contributed by atoms with E-state index in [0.717, 1.165) is 5.69 Å². The predicted octanol–water partition coefficient (Wildman–Crippen LogP) is 1.69. The van der Waals surface area contributed by atoms with Gasteiger partial charge in [0, 0.05) is 0 Å². The number of H-pyrrole nitrogens is 1. The van der Waals surface area contributed by atoms with E-state index in [-0.39, 0.29) is 5.95 Å². The fourth-order valence-electron chi connectivity index (χ4n) is 1.82. The fourth-order valence-corrected chi connectivity index (χ4v) is 1.82. The third kappa shape index (κ3) is 2.01. The number of fused-ring (bicyclic) bond motifs is 1. The number of nitrogens with zero attached hydrogens (tertiary/aromatic N) is 3. The lowest BCUT2D eigenvalue weighted by Crippen LogP contribution is -2.02. The Morgan fingerprint density at radius 1 is 1.26 bits per heavy atom. The first-order valence-corrected chi connectivity index (χ1v) is 5.64. The van der Waals surface area contributed by atoms with E-state index >= 15 is 0 Å². The van der Waals surface area contributed by atoms with Crippen molar-refractivity contribution >= 4 is 28.6 Å². The molecule has 3 aromatic rings. The molecule has 0 aliphatic carbocycles. The van der Waals surface area contributed by atoms with Gasteiger partial charge < -0.3 is 20.8 Å². The van der Waals surface area contributed by atoms with Gasteiger partial charge in [-0.2, -0.15) is 9.97 Å². The molecule has 0 aliphatic rings. The van der Waals surface area contributed by atoms with Gasteiger partial charge in [0.2, 0.25) is 5.95 Å². The lowest BCUT2D eigenvalue weighted by atomic mass is 10.3. The summed E-state index contributed by atoms with van der Waals surface area (Å²) in [6, 6.07) is 7.53. The lowest BCUT2D eigenvalue weighted by Gasteiger charge is -2.10. The molecule has 0 fully saturated rings. The van der Waals surface area contributed by atoms with E-state index in [4.69, 9.17) is 10.5 Å². The second-order valence-electron chi connectivity index (χ2n) is 3.86. The second-order valence-corrected chi connectivity index (χ2v) is 3.86. The minimum atomic E-state index is 0.175. The molecule has 2 aromatic heterocycles. The summed E-state index contributed by atoms with van der Waals surface area (Å²) in [6.07, 6.45) is 1.55. The Labute approximate surface area is 108 Å². The van der Waals surface area contributed by atoms with Crippen molar-refractivity contribution in [2.75, 3.05) is 18.2 Å². The Morgan fingerprint density at radius 3 is 2.95 bits per heavy atom. The number of nitrogen functional groups attached to an aromatic ring is 1. The maximum Gasteiger partial charge on any atom is 0.224 e. The first-order valence-electron chi connectivity index (χ1n) is 5.64. The van der Waals surface area contributed by atoms with Gasteiger partial charge in [-0.05, 0) is 12.1 Å². The number of anilines is 3. The average molecular weight is 256 g/mol. The van der Waals surface area contributed by atoms with Crippen LogP contribution < -0.4 is 15.8 Å². The molecule has 0 amide bonds. The van der Waals surface area contributed by atoms with Crippen LogP contribution >= 0.6 is 0 Å². The summed E-state index contributed by atoms with van der Waals surface area (Å²) in [6.45, 7) is 0. The highest BCUT2D eigenvalue weighted by molar-refractivity contribution is 5.86. The number of aromatic amines is 1. The van der Waals surface area contributed by atoms with Crippen LogP contribution in [0.3, 0.4) is 0 Å². The van der Waals surface area contributed by atoms with Gasteiger partial charge in [-0.15, -0.1) is 0 Å². The molecule has 7 heteroatoms. The Balaban J connectivity index is 2.07. The van der Waals surface area contributed by atoms with Gasteiger partial charge in [0.05, 0.1) is 19.1 Å². The molecule has 3 rings (SSSR count). The largest absolute Gasteiger partial charge is 0.495 e. The third-order valence-corrected chi connectivity index (χ3v) is 2.66. The number of hydrogen-bond acceptors (Lipinski definition) is 6. The molecule has 0 bridgehead atoms. The number of nitrogens with one attached hydrogen (secondary N) is 2. The molecule has 96 valence electrons. The van der Waals surface area contributed by atoms with Crippen molar-refractivity contribution in [2.45, 2.75) is 0 Å². The molecule has 0 spiro atoms. The molecule has 4 N–H and O–H groups in total. The number of hydrogen-bond donors (Lipinski definition) is 3. The maximum absolute atomic E-state index is 5.67. The smallest absolute Gasteiger partial charge is 0.224 e. The number of ether oxygens (including phenoxy) is 1. The molecule has 0 aliphatic heterocycles. The molecule has 0 saturated heterocycles. The molecule has 7 nitrogen and oxygen atoms in total. The molecule has 2 heterocycles. The van der Waals surface area contributed by atoms with Crippen molar-refractivity contribution in [3.05, 3.63) is 30.6 Å². The van der Waals surface area contributed by atoms with Crippen molar-refractivity contribution < 1.29 is 4.74 Å². The number of para-hydroxylation sites is 2. The highest BCUT2D eigenvalue weighted by Crippen LogP contribution is 2.28. The summed E-state index contributed by atoms with van der Waals surface area (Å²) in [5.41, 5.74) is 7.66. The zero-order chi connectivity index (χ0) is 13.2. The van der Waals surface area contributed by atoms with Gasteiger partial charge in [-0.1, -0.05) is 12.1 Å². The summed E-state index contributed by atoms with van der Waals surface area (Å²) < 4.78 is 5.28. The Hall–Kier alpha value is -2.83. The SMILES string of the molecule is COc1ccccc1Nc1nc(N)nc2[nH]cnc12. The van der Waals surface area contributed by atoms with Crippen molar-refractivity contribution in [2.24, 2.45) is 0 Å². The minimum absolute atomic E-state index is 0.175. The van der Waals surface area contributed by atoms with E-state index in [0.29, 0.717) is 22.7 Å². The number of rotatable bonds is 3. The van der Waals surface area contributed by atoms with E-state index < -0.39 is 0 Å². The van der Waals surface area contributed by atoms with E-state index in [1.165, 1.54) is 0 Å². The zero-order valence-corrected chi connectivity index (χ0v) is 10.2. The molecule has 0 unspecified atom stereocenters. The highest BCUT2D eigenvalue weighted by Gasteiger charge is 2.10. The monoisotopic (exact) mass is 256 g/mol. The van der Waals surface area contributed by atoms with Crippen molar-refractivity contribution in [1.82, 2.24) is 19.9 Å². The Kier molecular flexibility index (Phi) is 2.64. The van der Waals surface area contributed by atoms with Gasteiger partial charge >= 0.3 is 0 Å². The number of imidazole rings is 1. The molecular formula is C12H12N6O. The third-order valence-electron chi connectivity index (χ3n) is 2.66. The Morgan fingerprint density at radius 2 is 2.11 bits per heavy atom. The average Bonchev–Trinajstić information content (AvgIpc) is 2.87. The highest BCUT2D eigenvalue weighted by atomic mass is 16.5.